The number of aliphatic hydroxyl groups excluding tert-OH is 4. The average Bonchev–Trinajstić information content (AvgIpc) is 2.68. The van der Waals surface area contributed by atoms with Gasteiger partial charge in [-0.2, -0.15) is 0 Å². The van der Waals surface area contributed by atoms with Crippen molar-refractivity contribution >= 4 is 11.6 Å². The van der Waals surface area contributed by atoms with Gasteiger partial charge >= 0.3 is 6.36 Å². The van der Waals surface area contributed by atoms with Crippen molar-refractivity contribution in [3.8, 4) is 5.75 Å². The van der Waals surface area contributed by atoms with Crippen molar-refractivity contribution in [2.75, 3.05) is 6.61 Å². The fraction of sp³-hybridized carbons (Fsp3) is 0.400. The van der Waals surface area contributed by atoms with E-state index in [2.05, 4.69) is 4.74 Å². The molecule has 4 N–H and O–H groups in total. The highest BCUT2D eigenvalue weighted by Crippen LogP contribution is 2.55. The monoisotopic (exact) mass is 462 g/mol. The van der Waals surface area contributed by atoms with E-state index in [9.17, 15) is 33.6 Å². The molecule has 0 aliphatic carbocycles. The number of hydrogen-bond acceptors (Lipinski definition) is 7. The molecule has 3 fully saturated rings. The highest BCUT2D eigenvalue weighted by atomic mass is 35.5. The second kappa shape index (κ2) is 7.59. The van der Waals surface area contributed by atoms with Crippen molar-refractivity contribution in [1.29, 1.82) is 0 Å². The normalized spacial score (nSPS) is 32.5. The van der Waals surface area contributed by atoms with Crippen LogP contribution in [0.2, 0.25) is 5.02 Å². The molecule has 11 heteroatoms. The molecule has 7 nitrogen and oxygen atoms in total. The number of alkyl halides is 3. The second-order valence-corrected chi connectivity index (χ2v) is 7.80. The smallest absolute Gasteiger partial charge is 0.406 e. The van der Waals surface area contributed by atoms with E-state index in [1.165, 1.54) is 36.4 Å². The third-order valence-electron chi connectivity index (χ3n) is 5.36. The van der Waals surface area contributed by atoms with E-state index in [0.29, 0.717) is 16.1 Å². The van der Waals surface area contributed by atoms with Gasteiger partial charge in [-0.15, -0.1) is 13.2 Å². The van der Waals surface area contributed by atoms with Crippen LogP contribution in [0, 0.1) is 0 Å². The van der Waals surface area contributed by atoms with Crippen molar-refractivity contribution in [2.45, 2.75) is 42.7 Å². The van der Waals surface area contributed by atoms with E-state index in [1.807, 2.05) is 0 Å². The Morgan fingerprint density at radius 1 is 1.00 bits per heavy atom. The van der Waals surface area contributed by atoms with E-state index >= 15 is 0 Å². The average molecular weight is 463 g/mol. The topological polar surface area (TPSA) is 109 Å². The Hall–Kier alpha value is -1.92. The van der Waals surface area contributed by atoms with Gasteiger partial charge in [-0.1, -0.05) is 29.8 Å². The molecule has 3 aliphatic rings. The van der Waals surface area contributed by atoms with Crippen LogP contribution in [0.25, 0.3) is 0 Å². The van der Waals surface area contributed by atoms with Crippen LogP contribution in [0.5, 0.6) is 5.75 Å². The Kier molecular flexibility index (Phi) is 5.46. The van der Waals surface area contributed by atoms with Crippen LogP contribution >= 0.6 is 11.6 Å². The fourth-order valence-electron chi connectivity index (χ4n) is 3.82. The molecule has 3 heterocycles. The molecule has 2 aromatic carbocycles. The van der Waals surface area contributed by atoms with Gasteiger partial charge < -0.3 is 34.6 Å². The predicted octanol–water partition coefficient (Wildman–Crippen LogP) is 1.81. The molecule has 0 spiro atoms. The number of rotatable bonds is 5. The van der Waals surface area contributed by atoms with Crippen LogP contribution in [0.3, 0.4) is 0 Å². The Morgan fingerprint density at radius 3 is 2.23 bits per heavy atom. The van der Waals surface area contributed by atoms with Gasteiger partial charge in [-0.05, 0) is 41.8 Å². The molecule has 3 saturated heterocycles. The molecule has 0 amide bonds. The van der Waals surface area contributed by atoms with Crippen molar-refractivity contribution in [2.24, 2.45) is 0 Å². The summed E-state index contributed by atoms with van der Waals surface area (Å²) in [4.78, 5) is 0. The first-order valence-corrected chi connectivity index (χ1v) is 9.56. The summed E-state index contributed by atoms with van der Waals surface area (Å²) in [6, 6.07) is 9.82. The maximum Gasteiger partial charge on any atom is 0.573 e. The van der Waals surface area contributed by atoms with Gasteiger partial charge in [-0.3, -0.25) is 0 Å². The Balaban J connectivity index is 1.59. The van der Waals surface area contributed by atoms with Gasteiger partial charge in [-0.25, -0.2) is 0 Å². The summed E-state index contributed by atoms with van der Waals surface area (Å²) in [5.41, 5.74) is 1.46. The third kappa shape index (κ3) is 3.78. The molecular weight excluding hydrogens is 445 g/mol. The Bertz CT molecular complexity index is 960. The number of benzene rings is 2. The summed E-state index contributed by atoms with van der Waals surface area (Å²) in [6.07, 6.45) is -9.50. The van der Waals surface area contributed by atoms with Gasteiger partial charge in [0.05, 0.1) is 0 Å². The molecule has 2 bridgehead atoms. The SMILES string of the molecule is OCC12OC(c3ccc(Cl)c(Cc4ccc(OC(F)(F)F)cc4)c3)(O1)C(O)C(O)C2O. The molecule has 3 atom stereocenters. The molecule has 0 radical (unpaired) electrons. The van der Waals surface area contributed by atoms with Gasteiger partial charge in [0, 0.05) is 10.6 Å². The molecular formula is C20H18ClF3O7. The van der Waals surface area contributed by atoms with Crippen molar-refractivity contribution in [3.05, 3.63) is 64.2 Å². The lowest BCUT2D eigenvalue weighted by molar-refractivity contribution is -0.591. The van der Waals surface area contributed by atoms with Crippen LogP contribution in [0.15, 0.2) is 42.5 Å². The van der Waals surface area contributed by atoms with E-state index in [4.69, 9.17) is 21.1 Å². The molecule has 3 aliphatic heterocycles. The molecule has 0 saturated carbocycles. The van der Waals surface area contributed by atoms with Gasteiger partial charge in [0.15, 0.2) is 0 Å². The minimum absolute atomic E-state index is 0.224. The number of hydrogen-bond donors (Lipinski definition) is 4. The van der Waals surface area contributed by atoms with E-state index in [1.54, 1.807) is 6.07 Å². The van der Waals surface area contributed by atoms with Crippen molar-refractivity contribution < 1.29 is 47.8 Å². The van der Waals surface area contributed by atoms with Gasteiger partial charge in [0.1, 0.15) is 30.7 Å². The first kappa shape index (κ1) is 22.3. The first-order valence-electron chi connectivity index (χ1n) is 9.19. The van der Waals surface area contributed by atoms with Crippen LogP contribution in [0.1, 0.15) is 16.7 Å². The third-order valence-corrected chi connectivity index (χ3v) is 5.72. The summed E-state index contributed by atoms with van der Waals surface area (Å²) in [7, 11) is 0. The number of ether oxygens (including phenoxy) is 3. The quantitative estimate of drug-likeness (QED) is 0.536. The van der Waals surface area contributed by atoms with Crippen LogP contribution < -0.4 is 4.74 Å². The standard InChI is InChI=1S/C20H18ClF3O7/c21-14-6-3-12(19-17(28)15(26)16(27)18(9-25,30-19)31-19)8-11(14)7-10-1-4-13(5-2-10)29-20(22,23)24/h1-6,8,15-17,25-28H,7,9H2. The maximum absolute atomic E-state index is 12.3. The van der Waals surface area contributed by atoms with E-state index in [0.717, 1.165) is 0 Å². The molecule has 2 aromatic rings. The summed E-state index contributed by atoms with van der Waals surface area (Å²) in [5, 5.41) is 40.5. The minimum atomic E-state index is -4.79. The van der Waals surface area contributed by atoms with Crippen molar-refractivity contribution in [1.82, 2.24) is 0 Å². The molecule has 168 valence electrons. The highest BCUT2D eigenvalue weighted by molar-refractivity contribution is 6.31. The lowest BCUT2D eigenvalue weighted by Gasteiger charge is -2.63. The maximum atomic E-state index is 12.3. The van der Waals surface area contributed by atoms with Crippen LogP contribution in [-0.4, -0.2) is 57.5 Å². The fourth-order valence-corrected chi connectivity index (χ4v) is 4.01. The number of halogens is 4. The Labute approximate surface area is 179 Å². The minimum Gasteiger partial charge on any atom is -0.406 e. The molecule has 31 heavy (non-hydrogen) atoms. The Morgan fingerprint density at radius 2 is 1.65 bits per heavy atom. The molecule has 5 rings (SSSR count). The predicted molar refractivity (Wildman–Crippen MR) is 99.1 cm³/mol. The van der Waals surface area contributed by atoms with Crippen LogP contribution in [0.4, 0.5) is 13.2 Å². The van der Waals surface area contributed by atoms with E-state index in [-0.39, 0.29) is 17.7 Å². The second-order valence-electron chi connectivity index (χ2n) is 7.40. The van der Waals surface area contributed by atoms with Gasteiger partial charge in [0.2, 0.25) is 11.6 Å². The van der Waals surface area contributed by atoms with Gasteiger partial charge in [0.25, 0.3) is 0 Å². The molecule has 3 unspecified atom stereocenters. The summed E-state index contributed by atoms with van der Waals surface area (Å²) in [5.74, 6) is -4.03. The zero-order valence-electron chi connectivity index (χ0n) is 15.7. The first-order chi connectivity index (χ1) is 14.5. The summed E-state index contributed by atoms with van der Waals surface area (Å²) in [6.45, 7) is -0.744. The summed E-state index contributed by atoms with van der Waals surface area (Å²) < 4.78 is 51.9. The number of aliphatic hydroxyl groups is 4. The van der Waals surface area contributed by atoms with Crippen LogP contribution in [-0.2, 0) is 21.7 Å². The zero-order chi connectivity index (χ0) is 22.6. The van der Waals surface area contributed by atoms with E-state index < -0.39 is 42.9 Å². The lowest BCUT2D eigenvalue weighted by Crippen LogP contribution is -2.81. The van der Waals surface area contributed by atoms with Crippen molar-refractivity contribution in [3.63, 3.8) is 0 Å². The summed E-state index contributed by atoms with van der Waals surface area (Å²) >= 11 is 6.26. The largest absolute Gasteiger partial charge is 0.573 e. The highest BCUT2D eigenvalue weighted by Gasteiger charge is 2.73. The lowest BCUT2D eigenvalue weighted by atomic mass is 9.81. The number of fused-ring (bicyclic) bond motifs is 2. The zero-order valence-corrected chi connectivity index (χ0v) is 16.5. The molecule has 0 aromatic heterocycles.